The van der Waals surface area contributed by atoms with Gasteiger partial charge in [0.1, 0.15) is 0 Å². The number of hydrogen-bond acceptors (Lipinski definition) is 4. The average Bonchev–Trinajstić information content (AvgIpc) is 2.95. The van der Waals surface area contributed by atoms with Crippen LogP contribution in [0.2, 0.25) is 5.02 Å². The lowest BCUT2D eigenvalue weighted by Crippen LogP contribution is -1.97. The van der Waals surface area contributed by atoms with Gasteiger partial charge in [-0.25, -0.2) is 4.98 Å². The third kappa shape index (κ3) is 2.94. The number of rotatable bonds is 4. The lowest BCUT2D eigenvalue weighted by atomic mass is 10.0. The zero-order chi connectivity index (χ0) is 14.7. The molecule has 6 heteroatoms. The molecule has 3 rings (SSSR count). The molecule has 0 spiro atoms. The van der Waals surface area contributed by atoms with Crippen molar-refractivity contribution in [1.29, 1.82) is 0 Å². The van der Waals surface area contributed by atoms with E-state index in [2.05, 4.69) is 19.9 Å². The highest BCUT2D eigenvalue weighted by Crippen LogP contribution is 2.25. The van der Waals surface area contributed by atoms with Crippen molar-refractivity contribution in [3.05, 3.63) is 65.1 Å². The fourth-order valence-electron chi connectivity index (χ4n) is 2.19. The van der Waals surface area contributed by atoms with Gasteiger partial charge in [-0.3, -0.25) is 9.97 Å². The summed E-state index contributed by atoms with van der Waals surface area (Å²) in [6.07, 6.45) is 7.24. The monoisotopic (exact) mass is 300 g/mol. The minimum atomic E-state index is -0.0560. The first-order valence-corrected chi connectivity index (χ1v) is 6.82. The van der Waals surface area contributed by atoms with Gasteiger partial charge >= 0.3 is 0 Å². The van der Waals surface area contributed by atoms with Gasteiger partial charge in [-0.2, -0.15) is 0 Å². The Morgan fingerprint density at radius 3 is 2.90 bits per heavy atom. The molecule has 2 N–H and O–H groups in total. The van der Waals surface area contributed by atoms with Gasteiger partial charge in [0.2, 0.25) is 0 Å². The van der Waals surface area contributed by atoms with Crippen molar-refractivity contribution in [2.45, 2.75) is 13.0 Å². The predicted molar refractivity (Wildman–Crippen MR) is 79.8 cm³/mol. The Labute approximate surface area is 126 Å². The topological polar surface area (TPSA) is 74.7 Å². The van der Waals surface area contributed by atoms with E-state index in [-0.39, 0.29) is 6.61 Å². The highest BCUT2D eigenvalue weighted by Gasteiger charge is 2.13. The molecule has 0 saturated carbocycles. The Balaban J connectivity index is 1.98. The quantitative estimate of drug-likeness (QED) is 0.776. The van der Waals surface area contributed by atoms with E-state index in [4.69, 9.17) is 11.6 Å². The number of aliphatic hydroxyl groups is 1. The number of H-pyrrole nitrogens is 1. The molecule has 0 radical (unpaired) electrons. The summed E-state index contributed by atoms with van der Waals surface area (Å²) in [4.78, 5) is 15.9. The molecule has 21 heavy (non-hydrogen) atoms. The first kappa shape index (κ1) is 13.7. The van der Waals surface area contributed by atoms with Gasteiger partial charge in [0.15, 0.2) is 0 Å². The molecule has 0 aliphatic heterocycles. The predicted octanol–water partition coefficient (Wildman–Crippen LogP) is 2.60. The second kappa shape index (κ2) is 6.03. The van der Waals surface area contributed by atoms with Crippen LogP contribution >= 0.6 is 11.6 Å². The van der Waals surface area contributed by atoms with E-state index in [1.165, 1.54) is 0 Å². The molecule has 3 aromatic heterocycles. The van der Waals surface area contributed by atoms with E-state index >= 15 is 0 Å². The van der Waals surface area contributed by atoms with Crippen LogP contribution in [0.3, 0.4) is 0 Å². The molecular weight excluding hydrogens is 288 g/mol. The van der Waals surface area contributed by atoms with Crippen LogP contribution in [0.5, 0.6) is 0 Å². The molecule has 0 amide bonds. The third-order valence-corrected chi connectivity index (χ3v) is 3.43. The maximum absolute atomic E-state index is 9.44. The summed E-state index contributed by atoms with van der Waals surface area (Å²) in [5, 5.41) is 10.1. The Bertz CT molecular complexity index is 757. The maximum atomic E-state index is 9.44. The number of hydrogen-bond donors (Lipinski definition) is 2. The molecule has 0 aliphatic rings. The van der Waals surface area contributed by atoms with Crippen LogP contribution in [0.25, 0.3) is 11.3 Å². The highest BCUT2D eigenvalue weighted by molar-refractivity contribution is 6.30. The van der Waals surface area contributed by atoms with Gasteiger partial charge in [0.25, 0.3) is 0 Å². The van der Waals surface area contributed by atoms with Gasteiger partial charge in [0.05, 0.1) is 18.6 Å². The SMILES string of the molecule is OCc1ccncc1-c1nc[nH]c1Cc1cc(Cl)ccn1. The Hall–Kier alpha value is -2.24. The second-order valence-electron chi connectivity index (χ2n) is 4.56. The van der Waals surface area contributed by atoms with Crippen LogP contribution in [-0.4, -0.2) is 25.0 Å². The van der Waals surface area contributed by atoms with Crippen LogP contribution in [0.15, 0.2) is 43.1 Å². The van der Waals surface area contributed by atoms with Crippen LogP contribution < -0.4 is 0 Å². The molecule has 0 aromatic carbocycles. The zero-order valence-corrected chi connectivity index (χ0v) is 11.9. The first-order chi connectivity index (χ1) is 10.3. The zero-order valence-electron chi connectivity index (χ0n) is 11.1. The Kier molecular flexibility index (Phi) is 3.94. The van der Waals surface area contributed by atoms with E-state index < -0.39 is 0 Å². The molecule has 0 unspecified atom stereocenters. The van der Waals surface area contributed by atoms with Gasteiger partial charge < -0.3 is 10.1 Å². The van der Waals surface area contributed by atoms with Gasteiger partial charge in [0, 0.05) is 47.0 Å². The lowest BCUT2D eigenvalue weighted by molar-refractivity contribution is 0.282. The van der Waals surface area contributed by atoms with E-state index in [1.807, 2.05) is 6.07 Å². The summed E-state index contributed by atoms with van der Waals surface area (Å²) in [6, 6.07) is 5.34. The summed E-state index contributed by atoms with van der Waals surface area (Å²) in [5.41, 5.74) is 4.14. The fraction of sp³-hybridized carbons (Fsp3) is 0.133. The smallest absolute Gasteiger partial charge is 0.0935 e. The number of aromatic nitrogens is 4. The van der Waals surface area contributed by atoms with Crippen LogP contribution in [0, 0.1) is 0 Å². The number of aromatic amines is 1. The van der Waals surface area contributed by atoms with E-state index in [1.54, 1.807) is 37.1 Å². The Morgan fingerprint density at radius 2 is 2.10 bits per heavy atom. The van der Waals surface area contributed by atoms with E-state index in [0.717, 1.165) is 28.2 Å². The van der Waals surface area contributed by atoms with Crippen molar-refractivity contribution in [3.8, 4) is 11.3 Å². The number of halogens is 1. The largest absolute Gasteiger partial charge is 0.392 e. The summed E-state index contributed by atoms with van der Waals surface area (Å²) in [6.45, 7) is -0.0560. The number of nitrogens with one attached hydrogen (secondary N) is 1. The number of imidazole rings is 1. The fourth-order valence-corrected chi connectivity index (χ4v) is 2.37. The van der Waals surface area contributed by atoms with Crippen molar-refractivity contribution in [2.75, 3.05) is 0 Å². The minimum absolute atomic E-state index is 0.0560. The molecule has 0 aliphatic carbocycles. The van der Waals surface area contributed by atoms with E-state index in [0.29, 0.717) is 11.4 Å². The number of aliphatic hydroxyl groups excluding tert-OH is 1. The van der Waals surface area contributed by atoms with E-state index in [9.17, 15) is 5.11 Å². The van der Waals surface area contributed by atoms with Gasteiger partial charge in [-0.05, 0) is 23.8 Å². The average molecular weight is 301 g/mol. The van der Waals surface area contributed by atoms with Gasteiger partial charge in [-0.1, -0.05) is 11.6 Å². The Morgan fingerprint density at radius 1 is 1.19 bits per heavy atom. The third-order valence-electron chi connectivity index (χ3n) is 3.19. The molecule has 0 bridgehead atoms. The van der Waals surface area contributed by atoms with Crippen molar-refractivity contribution < 1.29 is 5.11 Å². The summed E-state index contributed by atoms with van der Waals surface area (Å²) >= 11 is 5.98. The summed E-state index contributed by atoms with van der Waals surface area (Å²) in [5.74, 6) is 0. The molecule has 106 valence electrons. The van der Waals surface area contributed by atoms with Gasteiger partial charge in [-0.15, -0.1) is 0 Å². The van der Waals surface area contributed by atoms with Crippen LogP contribution in [0.4, 0.5) is 0 Å². The normalized spacial score (nSPS) is 10.8. The lowest BCUT2D eigenvalue weighted by Gasteiger charge is -2.07. The van der Waals surface area contributed by atoms with Crippen molar-refractivity contribution >= 4 is 11.6 Å². The van der Waals surface area contributed by atoms with Crippen LogP contribution in [0.1, 0.15) is 17.0 Å². The molecule has 0 atom stereocenters. The summed E-state index contributed by atoms with van der Waals surface area (Å²) in [7, 11) is 0. The number of pyridine rings is 2. The first-order valence-electron chi connectivity index (χ1n) is 6.44. The van der Waals surface area contributed by atoms with Crippen LogP contribution in [-0.2, 0) is 13.0 Å². The summed E-state index contributed by atoms with van der Waals surface area (Å²) < 4.78 is 0. The standard InChI is InChI=1S/C15H13ClN4O/c16-11-2-4-18-12(5-11)6-14-15(20-9-19-14)13-7-17-3-1-10(13)8-21/h1-5,7,9,21H,6,8H2,(H,19,20). The maximum Gasteiger partial charge on any atom is 0.0935 e. The molecule has 3 aromatic rings. The van der Waals surface area contributed by atoms with Crippen molar-refractivity contribution in [1.82, 2.24) is 19.9 Å². The molecular formula is C15H13ClN4O. The molecule has 3 heterocycles. The highest BCUT2D eigenvalue weighted by atomic mass is 35.5. The molecule has 0 fully saturated rings. The second-order valence-corrected chi connectivity index (χ2v) is 5.00. The minimum Gasteiger partial charge on any atom is -0.392 e. The molecule has 5 nitrogen and oxygen atoms in total. The molecule has 0 saturated heterocycles. The van der Waals surface area contributed by atoms with Crippen molar-refractivity contribution in [2.24, 2.45) is 0 Å². The number of nitrogens with zero attached hydrogens (tertiary/aromatic N) is 3. The van der Waals surface area contributed by atoms with Crippen molar-refractivity contribution in [3.63, 3.8) is 0 Å².